The molecule has 7 nitrogen and oxygen atoms in total. The Morgan fingerprint density at radius 3 is 2.75 bits per heavy atom. The minimum Gasteiger partial charge on any atom is -0.383 e. The van der Waals surface area contributed by atoms with Crippen LogP contribution in [0.25, 0.3) is 0 Å². The average Bonchev–Trinajstić information content (AvgIpc) is 2.87. The van der Waals surface area contributed by atoms with Crippen LogP contribution < -0.4 is 11.1 Å². The predicted octanol–water partition coefficient (Wildman–Crippen LogP) is 1.71. The number of aromatic nitrogens is 5. The molecule has 20 heavy (non-hydrogen) atoms. The van der Waals surface area contributed by atoms with Gasteiger partial charge in [0, 0.05) is 18.0 Å². The quantitative estimate of drug-likeness (QED) is 0.862. The largest absolute Gasteiger partial charge is 0.383 e. The van der Waals surface area contributed by atoms with Crippen molar-refractivity contribution in [2.45, 2.75) is 46.7 Å². The molecule has 0 saturated carbocycles. The van der Waals surface area contributed by atoms with Gasteiger partial charge in [0.15, 0.2) is 5.82 Å². The molecular formula is C13H21N7. The SMILES string of the molecule is CCn1cnnc1CNc1nc(C(C)C)nc(N)c1C. The summed E-state index contributed by atoms with van der Waals surface area (Å²) in [6.45, 7) is 9.45. The molecule has 2 aromatic heterocycles. The van der Waals surface area contributed by atoms with Crippen LogP contribution in [0.1, 0.15) is 43.9 Å². The number of aryl methyl sites for hydroxylation is 1. The summed E-state index contributed by atoms with van der Waals surface area (Å²) in [6.07, 6.45) is 1.72. The normalized spacial score (nSPS) is 11.1. The molecule has 0 aliphatic rings. The molecule has 2 rings (SSSR count). The molecule has 0 aliphatic heterocycles. The molecular weight excluding hydrogens is 254 g/mol. The Balaban J connectivity index is 2.21. The summed E-state index contributed by atoms with van der Waals surface area (Å²) in [6, 6.07) is 0. The van der Waals surface area contributed by atoms with E-state index in [1.165, 1.54) is 0 Å². The maximum atomic E-state index is 5.94. The second-order valence-electron chi connectivity index (χ2n) is 4.98. The topological polar surface area (TPSA) is 94.5 Å². The fraction of sp³-hybridized carbons (Fsp3) is 0.538. The first kappa shape index (κ1) is 14.2. The van der Waals surface area contributed by atoms with Crippen LogP contribution in [0.2, 0.25) is 0 Å². The van der Waals surface area contributed by atoms with Gasteiger partial charge in [0.2, 0.25) is 0 Å². The molecule has 0 bridgehead atoms. The first-order valence-corrected chi connectivity index (χ1v) is 6.77. The third-order valence-electron chi connectivity index (χ3n) is 3.17. The van der Waals surface area contributed by atoms with Crippen LogP contribution in [0.15, 0.2) is 6.33 Å². The Morgan fingerprint density at radius 1 is 1.35 bits per heavy atom. The minimum absolute atomic E-state index is 0.234. The highest BCUT2D eigenvalue weighted by atomic mass is 15.3. The first-order chi connectivity index (χ1) is 9.52. The molecule has 0 saturated heterocycles. The number of anilines is 2. The number of hydrogen-bond donors (Lipinski definition) is 2. The van der Waals surface area contributed by atoms with Crippen molar-refractivity contribution in [2.75, 3.05) is 11.1 Å². The highest BCUT2D eigenvalue weighted by Gasteiger charge is 2.12. The van der Waals surface area contributed by atoms with Crippen LogP contribution in [0, 0.1) is 6.92 Å². The van der Waals surface area contributed by atoms with Crippen molar-refractivity contribution in [1.82, 2.24) is 24.7 Å². The van der Waals surface area contributed by atoms with E-state index in [-0.39, 0.29) is 5.92 Å². The Labute approximate surface area is 118 Å². The summed E-state index contributed by atoms with van der Waals surface area (Å²) in [5.41, 5.74) is 6.80. The number of nitrogens with one attached hydrogen (secondary N) is 1. The molecule has 108 valence electrons. The Bertz CT molecular complexity index is 588. The lowest BCUT2D eigenvalue weighted by Crippen LogP contribution is -2.13. The maximum absolute atomic E-state index is 5.94. The second kappa shape index (κ2) is 5.85. The van der Waals surface area contributed by atoms with E-state index < -0.39 is 0 Å². The fourth-order valence-electron chi connectivity index (χ4n) is 1.83. The zero-order chi connectivity index (χ0) is 14.7. The molecule has 7 heteroatoms. The van der Waals surface area contributed by atoms with Gasteiger partial charge >= 0.3 is 0 Å². The first-order valence-electron chi connectivity index (χ1n) is 6.77. The standard InChI is InChI=1S/C13H21N7/c1-5-20-7-16-19-10(20)6-15-13-9(4)11(14)17-12(18-13)8(2)3/h7-8H,5-6H2,1-4H3,(H3,14,15,17,18). The van der Waals surface area contributed by atoms with E-state index in [2.05, 4.69) is 32.4 Å². The van der Waals surface area contributed by atoms with E-state index >= 15 is 0 Å². The van der Waals surface area contributed by atoms with Crippen molar-refractivity contribution in [3.05, 3.63) is 23.5 Å². The van der Waals surface area contributed by atoms with E-state index in [0.717, 1.165) is 29.6 Å². The number of nitrogen functional groups attached to an aromatic ring is 1. The summed E-state index contributed by atoms with van der Waals surface area (Å²) < 4.78 is 1.98. The van der Waals surface area contributed by atoms with Crippen LogP contribution in [-0.4, -0.2) is 24.7 Å². The zero-order valence-corrected chi connectivity index (χ0v) is 12.4. The van der Waals surface area contributed by atoms with E-state index in [1.807, 2.05) is 25.3 Å². The summed E-state index contributed by atoms with van der Waals surface area (Å²) >= 11 is 0. The van der Waals surface area contributed by atoms with Gasteiger partial charge in [-0.3, -0.25) is 0 Å². The van der Waals surface area contributed by atoms with E-state index in [0.29, 0.717) is 12.4 Å². The summed E-state index contributed by atoms with van der Waals surface area (Å²) in [5.74, 6) is 3.12. The second-order valence-corrected chi connectivity index (χ2v) is 4.98. The Kier molecular flexibility index (Phi) is 4.16. The van der Waals surface area contributed by atoms with Gasteiger partial charge in [-0.2, -0.15) is 0 Å². The van der Waals surface area contributed by atoms with Gasteiger partial charge in [-0.25, -0.2) is 9.97 Å². The number of hydrogen-bond acceptors (Lipinski definition) is 6. The summed E-state index contributed by atoms with van der Waals surface area (Å²) in [4.78, 5) is 8.83. The van der Waals surface area contributed by atoms with E-state index in [4.69, 9.17) is 5.73 Å². The van der Waals surface area contributed by atoms with Gasteiger partial charge in [0.05, 0.1) is 6.54 Å². The predicted molar refractivity (Wildman–Crippen MR) is 78.3 cm³/mol. The van der Waals surface area contributed by atoms with Gasteiger partial charge < -0.3 is 15.6 Å². The van der Waals surface area contributed by atoms with Crippen molar-refractivity contribution >= 4 is 11.6 Å². The van der Waals surface area contributed by atoms with E-state index in [1.54, 1.807) is 6.33 Å². The molecule has 0 aliphatic carbocycles. The Hall–Kier alpha value is -2.18. The summed E-state index contributed by atoms with van der Waals surface area (Å²) in [7, 11) is 0. The lowest BCUT2D eigenvalue weighted by Gasteiger charge is -2.13. The highest BCUT2D eigenvalue weighted by molar-refractivity contribution is 5.54. The third-order valence-corrected chi connectivity index (χ3v) is 3.17. The third kappa shape index (κ3) is 2.87. The van der Waals surface area contributed by atoms with Crippen molar-refractivity contribution in [2.24, 2.45) is 0 Å². The molecule has 0 radical (unpaired) electrons. The maximum Gasteiger partial charge on any atom is 0.152 e. The lowest BCUT2D eigenvalue weighted by molar-refractivity contribution is 0.705. The van der Waals surface area contributed by atoms with Gasteiger partial charge in [0.1, 0.15) is 23.8 Å². The molecule has 3 N–H and O–H groups in total. The van der Waals surface area contributed by atoms with Gasteiger partial charge in [0.25, 0.3) is 0 Å². The van der Waals surface area contributed by atoms with Gasteiger partial charge in [-0.1, -0.05) is 13.8 Å². The molecule has 0 unspecified atom stereocenters. The van der Waals surface area contributed by atoms with Gasteiger partial charge in [-0.15, -0.1) is 10.2 Å². The molecule has 0 amide bonds. The van der Waals surface area contributed by atoms with Crippen molar-refractivity contribution in [3.8, 4) is 0 Å². The lowest BCUT2D eigenvalue weighted by atomic mass is 10.2. The van der Waals surface area contributed by atoms with Crippen LogP contribution in [0.3, 0.4) is 0 Å². The highest BCUT2D eigenvalue weighted by Crippen LogP contribution is 2.21. The summed E-state index contributed by atoms with van der Waals surface area (Å²) in [5, 5.41) is 11.3. The molecule has 0 fully saturated rings. The molecule has 2 heterocycles. The minimum atomic E-state index is 0.234. The molecule has 0 aromatic carbocycles. The van der Waals surface area contributed by atoms with Crippen molar-refractivity contribution in [3.63, 3.8) is 0 Å². The number of nitrogens with two attached hydrogens (primary N) is 1. The van der Waals surface area contributed by atoms with Crippen LogP contribution >= 0.6 is 0 Å². The smallest absolute Gasteiger partial charge is 0.152 e. The van der Waals surface area contributed by atoms with Crippen LogP contribution in [0.5, 0.6) is 0 Å². The number of rotatable bonds is 5. The van der Waals surface area contributed by atoms with Crippen LogP contribution in [0.4, 0.5) is 11.6 Å². The van der Waals surface area contributed by atoms with E-state index in [9.17, 15) is 0 Å². The van der Waals surface area contributed by atoms with Crippen molar-refractivity contribution < 1.29 is 0 Å². The van der Waals surface area contributed by atoms with Crippen LogP contribution in [-0.2, 0) is 13.1 Å². The molecule has 2 aromatic rings. The molecule has 0 spiro atoms. The van der Waals surface area contributed by atoms with Crippen molar-refractivity contribution in [1.29, 1.82) is 0 Å². The average molecular weight is 275 g/mol. The fourth-order valence-corrected chi connectivity index (χ4v) is 1.83. The zero-order valence-electron chi connectivity index (χ0n) is 12.4. The number of nitrogens with zero attached hydrogens (tertiary/aromatic N) is 5. The van der Waals surface area contributed by atoms with Gasteiger partial charge in [-0.05, 0) is 13.8 Å². The Morgan fingerprint density at radius 2 is 2.10 bits per heavy atom. The monoisotopic (exact) mass is 275 g/mol. The molecule has 0 atom stereocenters.